The number of esters is 1. The number of carbonyl (C=O) groups is 1. The molecule has 1 aromatic carbocycles. The van der Waals surface area contributed by atoms with Crippen LogP contribution in [0.3, 0.4) is 0 Å². The maximum absolute atomic E-state index is 12.7. The summed E-state index contributed by atoms with van der Waals surface area (Å²) in [5.74, 6) is 1.98. The SMILES string of the molecule is CC1C(OC(=O)c2ccccc2)CCC2(C)C1CCC1C3CCC(C#N)C3(C)CC(O)C12. The van der Waals surface area contributed by atoms with Crippen molar-refractivity contribution < 1.29 is 14.6 Å². The standard InChI is InChI=1S/C28H37NO3/c1-17-21-12-10-20-22-11-9-19(16-29)28(22,3)15-23(30)25(20)27(21,2)14-13-24(17)32-26(31)18-7-5-4-6-8-18/h4-8,17,19-25,30H,9-15H2,1-3H3. The van der Waals surface area contributed by atoms with Gasteiger partial charge in [-0.2, -0.15) is 5.26 Å². The number of carbonyl (C=O) groups excluding carboxylic acids is 1. The highest BCUT2D eigenvalue weighted by molar-refractivity contribution is 5.89. The van der Waals surface area contributed by atoms with E-state index in [4.69, 9.17) is 4.74 Å². The molecule has 5 rings (SSSR count). The summed E-state index contributed by atoms with van der Waals surface area (Å²) in [6.45, 7) is 6.93. The van der Waals surface area contributed by atoms with Gasteiger partial charge in [-0.25, -0.2) is 4.79 Å². The van der Waals surface area contributed by atoms with Crippen LogP contribution >= 0.6 is 0 Å². The number of nitrogens with zero attached hydrogens (tertiary/aromatic N) is 1. The zero-order valence-corrected chi connectivity index (χ0v) is 19.7. The summed E-state index contributed by atoms with van der Waals surface area (Å²) in [6, 6.07) is 11.9. The van der Waals surface area contributed by atoms with E-state index in [-0.39, 0.29) is 34.9 Å². The maximum atomic E-state index is 12.7. The Morgan fingerprint density at radius 3 is 2.50 bits per heavy atom. The van der Waals surface area contributed by atoms with Gasteiger partial charge in [-0.3, -0.25) is 0 Å². The highest BCUT2D eigenvalue weighted by atomic mass is 16.5. The Morgan fingerprint density at radius 2 is 1.78 bits per heavy atom. The summed E-state index contributed by atoms with van der Waals surface area (Å²) >= 11 is 0. The van der Waals surface area contributed by atoms with Crippen molar-refractivity contribution in [1.29, 1.82) is 5.26 Å². The number of aliphatic hydroxyl groups is 1. The topological polar surface area (TPSA) is 70.3 Å². The lowest BCUT2D eigenvalue weighted by atomic mass is 9.42. The lowest BCUT2D eigenvalue weighted by Gasteiger charge is -2.63. The van der Waals surface area contributed by atoms with E-state index in [1.807, 2.05) is 30.3 Å². The number of rotatable bonds is 2. The molecule has 0 aliphatic heterocycles. The molecule has 0 aromatic heterocycles. The molecule has 10 atom stereocenters. The first-order valence-electron chi connectivity index (χ1n) is 12.6. The van der Waals surface area contributed by atoms with Gasteiger partial charge >= 0.3 is 5.97 Å². The smallest absolute Gasteiger partial charge is 0.338 e. The number of hydrogen-bond donors (Lipinski definition) is 1. The molecule has 172 valence electrons. The van der Waals surface area contributed by atoms with Crippen LogP contribution in [0.2, 0.25) is 0 Å². The number of nitriles is 1. The predicted molar refractivity (Wildman–Crippen MR) is 122 cm³/mol. The third kappa shape index (κ3) is 3.15. The van der Waals surface area contributed by atoms with Gasteiger partial charge in [-0.15, -0.1) is 0 Å². The molecule has 0 heterocycles. The summed E-state index contributed by atoms with van der Waals surface area (Å²) in [5.41, 5.74) is 0.655. The van der Waals surface area contributed by atoms with Gasteiger partial charge in [0.05, 0.1) is 23.7 Å². The Labute approximate surface area is 192 Å². The van der Waals surface area contributed by atoms with E-state index in [0.29, 0.717) is 35.2 Å². The zero-order chi connectivity index (χ0) is 22.7. The molecule has 0 amide bonds. The normalized spacial score (nSPS) is 47.5. The number of fused-ring (bicyclic) bond motifs is 5. The number of benzene rings is 1. The quantitative estimate of drug-likeness (QED) is 0.613. The molecule has 1 N–H and O–H groups in total. The van der Waals surface area contributed by atoms with Crippen LogP contribution in [0.5, 0.6) is 0 Å². The minimum atomic E-state index is -0.335. The minimum Gasteiger partial charge on any atom is -0.458 e. The molecule has 4 aliphatic carbocycles. The van der Waals surface area contributed by atoms with E-state index in [1.54, 1.807) is 0 Å². The number of ether oxygens (including phenoxy) is 1. The van der Waals surface area contributed by atoms with Gasteiger partial charge in [0, 0.05) is 0 Å². The third-order valence-electron chi connectivity index (χ3n) is 10.5. The van der Waals surface area contributed by atoms with E-state index >= 15 is 0 Å². The van der Waals surface area contributed by atoms with Crippen molar-refractivity contribution in [2.75, 3.05) is 0 Å². The van der Waals surface area contributed by atoms with Crippen LogP contribution in [0.25, 0.3) is 0 Å². The zero-order valence-electron chi connectivity index (χ0n) is 19.7. The van der Waals surface area contributed by atoms with E-state index < -0.39 is 0 Å². The predicted octanol–water partition coefficient (Wildman–Crippen LogP) is 5.61. The Balaban J connectivity index is 1.36. The molecule has 0 spiro atoms. The molecule has 32 heavy (non-hydrogen) atoms. The summed E-state index contributed by atoms with van der Waals surface area (Å²) < 4.78 is 6.02. The van der Waals surface area contributed by atoms with Crippen molar-refractivity contribution in [1.82, 2.24) is 0 Å². The van der Waals surface area contributed by atoms with E-state index in [2.05, 4.69) is 26.8 Å². The molecular weight excluding hydrogens is 398 g/mol. The van der Waals surface area contributed by atoms with Gasteiger partial charge in [-0.05, 0) is 97.5 Å². The Hall–Kier alpha value is -1.86. The lowest BCUT2D eigenvalue weighted by molar-refractivity contribution is -0.188. The second kappa shape index (κ2) is 7.87. The first-order valence-corrected chi connectivity index (χ1v) is 12.6. The van der Waals surface area contributed by atoms with Crippen molar-refractivity contribution in [3.8, 4) is 6.07 Å². The van der Waals surface area contributed by atoms with Gasteiger partial charge in [0.1, 0.15) is 6.10 Å². The Morgan fingerprint density at radius 1 is 1.06 bits per heavy atom. The molecule has 0 bridgehead atoms. The van der Waals surface area contributed by atoms with Gasteiger partial charge in [0.15, 0.2) is 0 Å². The molecule has 4 fully saturated rings. The molecule has 4 heteroatoms. The molecule has 10 unspecified atom stereocenters. The van der Waals surface area contributed by atoms with Crippen LogP contribution in [0, 0.1) is 57.7 Å². The average molecular weight is 436 g/mol. The summed E-state index contributed by atoms with van der Waals surface area (Å²) in [7, 11) is 0. The number of hydrogen-bond acceptors (Lipinski definition) is 4. The van der Waals surface area contributed by atoms with Crippen molar-refractivity contribution >= 4 is 5.97 Å². The average Bonchev–Trinajstić information content (AvgIpc) is 3.11. The first kappa shape index (κ1) is 22.0. The third-order valence-corrected chi connectivity index (χ3v) is 10.5. The fourth-order valence-electron chi connectivity index (χ4n) is 8.98. The highest BCUT2D eigenvalue weighted by Crippen LogP contribution is 2.68. The summed E-state index contributed by atoms with van der Waals surface area (Å²) in [4.78, 5) is 12.7. The van der Waals surface area contributed by atoms with Crippen LogP contribution < -0.4 is 0 Å². The van der Waals surface area contributed by atoms with Gasteiger partial charge in [-0.1, -0.05) is 39.0 Å². The molecular formula is C28H37NO3. The second-order valence-corrected chi connectivity index (χ2v) is 11.7. The summed E-state index contributed by atoms with van der Waals surface area (Å²) in [5, 5.41) is 21.2. The van der Waals surface area contributed by atoms with E-state index in [1.165, 1.54) is 0 Å². The van der Waals surface area contributed by atoms with Crippen molar-refractivity contribution in [3.63, 3.8) is 0 Å². The fourth-order valence-corrected chi connectivity index (χ4v) is 8.98. The molecule has 0 saturated heterocycles. The monoisotopic (exact) mass is 435 g/mol. The largest absolute Gasteiger partial charge is 0.458 e. The number of aliphatic hydroxyl groups excluding tert-OH is 1. The first-order chi connectivity index (χ1) is 15.3. The Kier molecular flexibility index (Phi) is 5.40. The van der Waals surface area contributed by atoms with Gasteiger partial charge in [0.25, 0.3) is 0 Å². The molecule has 4 saturated carbocycles. The molecule has 1 aromatic rings. The van der Waals surface area contributed by atoms with Crippen LogP contribution in [0.1, 0.15) is 76.1 Å². The maximum Gasteiger partial charge on any atom is 0.338 e. The van der Waals surface area contributed by atoms with Crippen LogP contribution in [0.4, 0.5) is 0 Å². The highest BCUT2D eigenvalue weighted by Gasteiger charge is 2.64. The minimum absolute atomic E-state index is 0.0352. The van der Waals surface area contributed by atoms with Crippen molar-refractivity contribution in [2.24, 2.45) is 46.3 Å². The van der Waals surface area contributed by atoms with Gasteiger partial charge in [0.2, 0.25) is 0 Å². The molecule has 0 radical (unpaired) electrons. The van der Waals surface area contributed by atoms with Crippen molar-refractivity contribution in [2.45, 2.75) is 77.9 Å². The summed E-state index contributed by atoms with van der Waals surface area (Å²) in [6.07, 6.45) is 6.62. The Bertz CT molecular complexity index is 909. The molecule has 4 nitrogen and oxygen atoms in total. The van der Waals surface area contributed by atoms with Crippen LogP contribution in [0.15, 0.2) is 30.3 Å². The van der Waals surface area contributed by atoms with Crippen molar-refractivity contribution in [3.05, 3.63) is 35.9 Å². The second-order valence-electron chi connectivity index (χ2n) is 11.7. The fraction of sp³-hybridized carbons (Fsp3) is 0.714. The van der Waals surface area contributed by atoms with E-state index in [0.717, 1.165) is 44.9 Å². The van der Waals surface area contributed by atoms with Crippen LogP contribution in [-0.4, -0.2) is 23.3 Å². The van der Waals surface area contributed by atoms with Crippen LogP contribution in [-0.2, 0) is 4.74 Å². The molecule has 4 aliphatic rings. The lowest BCUT2D eigenvalue weighted by Crippen LogP contribution is -2.60. The van der Waals surface area contributed by atoms with Gasteiger partial charge < -0.3 is 9.84 Å². The van der Waals surface area contributed by atoms with E-state index in [9.17, 15) is 15.2 Å².